The lowest BCUT2D eigenvalue weighted by Gasteiger charge is -2.25. The molecule has 0 aliphatic heterocycles. The smallest absolute Gasteiger partial charge is 0.171 e. The molecule has 4 nitrogen and oxygen atoms in total. The largest absolute Gasteiger partial charge is 0.504 e. The molecule has 0 aromatic heterocycles. The molecule has 0 saturated carbocycles. The van der Waals surface area contributed by atoms with Gasteiger partial charge in [-0.05, 0) is 48.5 Å². The standard InChI is InChI=1S/C16H18N2O2S/c1-11-5-3-4-6-13(11)18(16(17)21)10-12-7-8-14(19)15(9-12)20-2/h3-9,19H,10H2,1-2H3,(H2,17,21). The highest BCUT2D eigenvalue weighted by Crippen LogP contribution is 2.28. The molecule has 0 aliphatic rings. The van der Waals surface area contributed by atoms with Crippen molar-refractivity contribution in [2.45, 2.75) is 13.5 Å². The van der Waals surface area contributed by atoms with E-state index in [4.69, 9.17) is 22.7 Å². The highest BCUT2D eigenvalue weighted by atomic mass is 32.1. The monoisotopic (exact) mass is 302 g/mol. The lowest BCUT2D eigenvalue weighted by molar-refractivity contribution is 0.373. The number of nitrogens with zero attached hydrogens (tertiary/aromatic N) is 1. The topological polar surface area (TPSA) is 58.7 Å². The number of phenols is 1. The third-order valence-electron chi connectivity index (χ3n) is 3.26. The van der Waals surface area contributed by atoms with Gasteiger partial charge >= 0.3 is 0 Å². The second kappa shape index (κ2) is 6.45. The minimum Gasteiger partial charge on any atom is -0.504 e. The van der Waals surface area contributed by atoms with Crippen LogP contribution in [0.1, 0.15) is 11.1 Å². The Morgan fingerprint density at radius 3 is 2.62 bits per heavy atom. The molecule has 2 aromatic carbocycles. The molecule has 0 fully saturated rings. The van der Waals surface area contributed by atoms with Gasteiger partial charge in [-0.2, -0.15) is 0 Å². The number of para-hydroxylation sites is 1. The number of hydrogen-bond donors (Lipinski definition) is 2. The maximum Gasteiger partial charge on any atom is 0.171 e. The van der Waals surface area contributed by atoms with Crippen molar-refractivity contribution in [1.82, 2.24) is 0 Å². The van der Waals surface area contributed by atoms with E-state index in [0.29, 0.717) is 17.4 Å². The average Bonchev–Trinajstić information content (AvgIpc) is 2.47. The molecule has 0 heterocycles. The molecule has 0 radical (unpaired) electrons. The molecule has 2 rings (SSSR count). The van der Waals surface area contributed by atoms with Crippen molar-refractivity contribution in [3.8, 4) is 11.5 Å². The third kappa shape index (κ3) is 3.44. The van der Waals surface area contributed by atoms with Crippen LogP contribution in [0.3, 0.4) is 0 Å². The number of anilines is 1. The number of phenolic OH excluding ortho intramolecular Hbond substituents is 1. The van der Waals surface area contributed by atoms with Crippen molar-refractivity contribution in [3.05, 3.63) is 53.6 Å². The Labute approximate surface area is 129 Å². The zero-order chi connectivity index (χ0) is 15.4. The molecule has 0 spiro atoms. The van der Waals surface area contributed by atoms with Crippen molar-refractivity contribution in [1.29, 1.82) is 0 Å². The molecule has 3 N–H and O–H groups in total. The van der Waals surface area contributed by atoms with E-state index in [1.165, 1.54) is 7.11 Å². The quantitative estimate of drug-likeness (QED) is 0.850. The Hall–Kier alpha value is -2.27. The van der Waals surface area contributed by atoms with Gasteiger partial charge < -0.3 is 20.5 Å². The molecule has 21 heavy (non-hydrogen) atoms. The molecule has 0 unspecified atom stereocenters. The summed E-state index contributed by atoms with van der Waals surface area (Å²) in [6.07, 6.45) is 0. The van der Waals surface area contributed by atoms with E-state index < -0.39 is 0 Å². The van der Waals surface area contributed by atoms with E-state index in [1.54, 1.807) is 12.1 Å². The zero-order valence-corrected chi connectivity index (χ0v) is 12.9. The van der Waals surface area contributed by atoms with Crippen molar-refractivity contribution in [3.63, 3.8) is 0 Å². The number of thiocarbonyl (C=S) groups is 1. The van der Waals surface area contributed by atoms with Gasteiger partial charge in [0.05, 0.1) is 13.7 Å². The molecule has 0 amide bonds. The third-order valence-corrected chi connectivity index (χ3v) is 3.48. The van der Waals surface area contributed by atoms with E-state index in [1.807, 2.05) is 42.2 Å². The number of hydrogen-bond acceptors (Lipinski definition) is 3. The van der Waals surface area contributed by atoms with Gasteiger partial charge in [0, 0.05) is 5.69 Å². The van der Waals surface area contributed by atoms with E-state index >= 15 is 0 Å². The number of aryl methyl sites for hydroxylation is 1. The highest BCUT2D eigenvalue weighted by molar-refractivity contribution is 7.80. The maximum absolute atomic E-state index is 9.65. The summed E-state index contributed by atoms with van der Waals surface area (Å²) in [6.45, 7) is 2.52. The summed E-state index contributed by atoms with van der Waals surface area (Å²) >= 11 is 5.17. The molecular formula is C16H18N2O2S. The van der Waals surface area contributed by atoms with E-state index in [0.717, 1.165) is 16.8 Å². The summed E-state index contributed by atoms with van der Waals surface area (Å²) in [7, 11) is 1.52. The average molecular weight is 302 g/mol. The van der Waals surface area contributed by atoms with Crippen molar-refractivity contribution in [2.75, 3.05) is 12.0 Å². The lowest BCUT2D eigenvalue weighted by Crippen LogP contribution is -2.35. The minimum atomic E-state index is 0.110. The Bertz CT molecular complexity index is 658. The zero-order valence-electron chi connectivity index (χ0n) is 12.0. The van der Waals surface area contributed by atoms with Crippen LogP contribution in [0.5, 0.6) is 11.5 Å². The lowest BCUT2D eigenvalue weighted by atomic mass is 10.1. The molecule has 0 atom stereocenters. The first kappa shape index (κ1) is 15.1. The van der Waals surface area contributed by atoms with Crippen LogP contribution in [0.2, 0.25) is 0 Å². The van der Waals surface area contributed by atoms with Crippen molar-refractivity contribution in [2.24, 2.45) is 5.73 Å². The van der Waals surface area contributed by atoms with Crippen LogP contribution in [0.15, 0.2) is 42.5 Å². The van der Waals surface area contributed by atoms with Crippen molar-refractivity contribution >= 4 is 23.0 Å². The van der Waals surface area contributed by atoms with Gasteiger partial charge in [-0.25, -0.2) is 0 Å². The molecular weight excluding hydrogens is 284 g/mol. The molecule has 5 heteroatoms. The van der Waals surface area contributed by atoms with Crippen LogP contribution in [0.25, 0.3) is 0 Å². The minimum absolute atomic E-state index is 0.110. The maximum atomic E-state index is 9.65. The van der Waals surface area contributed by atoms with Gasteiger partial charge in [0.2, 0.25) is 0 Å². The van der Waals surface area contributed by atoms with Crippen LogP contribution in [-0.2, 0) is 6.54 Å². The fourth-order valence-corrected chi connectivity index (χ4v) is 2.31. The highest BCUT2D eigenvalue weighted by Gasteiger charge is 2.13. The number of aromatic hydroxyl groups is 1. The van der Waals surface area contributed by atoms with Gasteiger partial charge in [-0.3, -0.25) is 0 Å². The molecule has 0 aliphatic carbocycles. The first-order valence-corrected chi connectivity index (χ1v) is 6.92. The van der Waals surface area contributed by atoms with Gasteiger partial charge in [0.25, 0.3) is 0 Å². The summed E-state index contributed by atoms with van der Waals surface area (Å²) in [5.74, 6) is 0.541. The molecule has 0 bridgehead atoms. The number of nitrogens with two attached hydrogens (primary N) is 1. The molecule has 2 aromatic rings. The van der Waals surface area contributed by atoms with Crippen LogP contribution < -0.4 is 15.4 Å². The van der Waals surface area contributed by atoms with Crippen LogP contribution in [0.4, 0.5) is 5.69 Å². The normalized spacial score (nSPS) is 10.2. The van der Waals surface area contributed by atoms with Gasteiger partial charge in [-0.1, -0.05) is 24.3 Å². The second-order valence-electron chi connectivity index (χ2n) is 4.72. The van der Waals surface area contributed by atoms with E-state index in [-0.39, 0.29) is 5.75 Å². The van der Waals surface area contributed by atoms with E-state index in [9.17, 15) is 5.11 Å². The summed E-state index contributed by atoms with van der Waals surface area (Å²) in [4.78, 5) is 1.86. The summed E-state index contributed by atoms with van der Waals surface area (Å²) in [5, 5.41) is 9.95. The fraction of sp³-hybridized carbons (Fsp3) is 0.188. The SMILES string of the molecule is COc1cc(CN(C(N)=S)c2ccccc2C)ccc1O. The molecule has 0 saturated heterocycles. The van der Waals surface area contributed by atoms with Gasteiger partial charge in [-0.15, -0.1) is 0 Å². The number of benzene rings is 2. The predicted octanol–water partition coefficient (Wildman–Crippen LogP) is 2.96. The van der Waals surface area contributed by atoms with E-state index in [2.05, 4.69) is 0 Å². The number of methoxy groups -OCH3 is 1. The summed E-state index contributed by atoms with van der Waals surface area (Å²) in [6, 6.07) is 13.1. The predicted molar refractivity (Wildman–Crippen MR) is 88.8 cm³/mol. The number of ether oxygens (including phenoxy) is 1. The first-order chi connectivity index (χ1) is 10.0. The Morgan fingerprint density at radius 2 is 2.00 bits per heavy atom. The van der Waals surface area contributed by atoms with Gasteiger partial charge in [0.15, 0.2) is 16.6 Å². The van der Waals surface area contributed by atoms with Gasteiger partial charge in [0.1, 0.15) is 0 Å². The van der Waals surface area contributed by atoms with Crippen LogP contribution in [0, 0.1) is 6.92 Å². The Morgan fingerprint density at radius 1 is 1.29 bits per heavy atom. The Balaban J connectivity index is 2.33. The second-order valence-corrected chi connectivity index (χ2v) is 5.14. The van der Waals surface area contributed by atoms with Crippen LogP contribution in [-0.4, -0.2) is 17.3 Å². The van der Waals surface area contributed by atoms with Crippen molar-refractivity contribution < 1.29 is 9.84 Å². The van der Waals surface area contributed by atoms with Crippen LogP contribution >= 0.6 is 12.2 Å². The summed E-state index contributed by atoms with van der Waals surface area (Å²) in [5.41, 5.74) is 8.87. The Kier molecular flexibility index (Phi) is 4.65. The number of rotatable bonds is 4. The molecule has 110 valence electrons. The fourth-order valence-electron chi connectivity index (χ4n) is 2.15. The first-order valence-electron chi connectivity index (χ1n) is 6.51. The summed E-state index contributed by atoms with van der Waals surface area (Å²) < 4.78 is 5.12.